The largest absolute Gasteiger partial charge is 0.504 e. The molecule has 1 aromatic carbocycles. The van der Waals surface area contributed by atoms with Crippen molar-refractivity contribution in [2.75, 3.05) is 7.11 Å². The Balaban J connectivity index is 2.33. The maximum Gasteiger partial charge on any atom is 0.266 e. The van der Waals surface area contributed by atoms with Gasteiger partial charge in [0.25, 0.3) is 5.91 Å². The average Bonchev–Trinajstić information content (AvgIpc) is 2.66. The first kappa shape index (κ1) is 14.9. The smallest absolute Gasteiger partial charge is 0.266 e. The normalized spacial score (nSPS) is 17.4. The summed E-state index contributed by atoms with van der Waals surface area (Å²) in [5.41, 5.74) is 0.781. The molecular weight excluding hydrogens is 294 g/mol. The molecule has 1 N–H and O–H groups in total. The third-order valence-electron chi connectivity index (χ3n) is 2.84. The molecule has 1 fully saturated rings. The number of hydrogen-bond donors (Lipinski definition) is 1. The number of methoxy groups -OCH3 is 1. The van der Waals surface area contributed by atoms with Crippen LogP contribution in [0.4, 0.5) is 0 Å². The summed E-state index contributed by atoms with van der Waals surface area (Å²) in [6.45, 7) is 3.86. The number of thioether (sulfide) groups is 1. The predicted octanol–water partition coefficient (Wildman–Crippen LogP) is 3.01. The van der Waals surface area contributed by atoms with E-state index in [1.54, 1.807) is 23.1 Å². The van der Waals surface area contributed by atoms with E-state index in [1.807, 2.05) is 13.8 Å². The number of benzene rings is 1. The zero-order chi connectivity index (χ0) is 14.9. The Morgan fingerprint density at radius 1 is 1.45 bits per heavy atom. The molecule has 1 aromatic rings. The quantitative estimate of drug-likeness (QED) is 0.687. The first-order valence-electron chi connectivity index (χ1n) is 6.08. The monoisotopic (exact) mass is 309 g/mol. The van der Waals surface area contributed by atoms with Crippen LogP contribution in [0.1, 0.15) is 19.4 Å². The lowest BCUT2D eigenvalue weighted by Crippen LogP contribution is -2.34. The molecule has 1 saturated heterocycles. The van der Waals surface area contributed by atoms with Crippen LogP contribution in [0.2, 0.25) is 0 Å². The molecule has 106 valence electrons. The molecule has 0 saturated carbocycles. The zero-order valence-corrected chi connectivity index (χ0v) is 13.0. The number of hydrogen-bond acceptors (Lipinski definition) is 5. The molecule has 1 amide bonds. The predicted molar refractivity (Wildman–Crippen MR) is 84.8 cm³/mol. The number of carbonyl (C=O) groups excluding carboxylic acids is 1. The summed E-state index contributed by atoms with van der Waals surface area (Å²) in [4.78, 5) is 14.4. The number of carbonyl (C=O) groups is 1. The van der Waals surface area contributed by atoms with Gasteiger partial charge in [-0.25, -0.2) is 0 Å². The van der Waals surface area contributed by atoms with Crippen molar-refractivity contribution in [3.63, 3.8) is 0 Å². The van der Waals surface area contributed by atoms with Crippen LogP contribution in [0.5, 0.6) is 11.5 Å². The first-order chi connectivity index (χ1) is 9.43. The van der Waals surface area contributed by atoms with Gasteiger partial charge in [-0.15, -0.1) is 0 Å². The lowest BCUT2D eigenvalue weighted by atomic mass is 10.2. The fourth-order valence-electron chi connectivity index (χ4n) is 1.86. The highest BCUT2D eigenvalue weighted by atomic mass is 32.2. The van der Waals surface area contributed by atoms with Crippen molar-refractivity contribution in [1.29, 1.82) is 0 Å². The van der Waals surface area contributed by atoms with Gasteiger partial charge in [0.2, 0.25) is 0 Å². The Hall–Kier alpha value is -1.53. The van der Waals surface area contributed by atoms with E-state index in [4.69, 9.17) is 17.0 Å². The highest BCUT2D eigenvalue weighted by Crippen LogP contribution is 2.35. The van der Waals surface area contributed by atoms with Crippen molar-refractivity contribution in [1.82, 2.24) is 4.90 Å². The molecule has 6 heteroatoms. The molecule has 2 rings (SSSR count). The van der Waals surface area contributed by atoms with E-state index >= 15 is 0 Å². The van der Waals surface area contributed by atoms with Gasteiger partial charge in [0.1, 0.15) is 4.32 Å². The molecule has 0 unspecified atom stereocenters. The fourth-order valence-corrected chi connectivity index (χ4v) is 3.38. The van der Waals surface area contributed by atoms with Crippen LogP contribution in [-0.4, -0.2) is 33.4 Å². The molecule has 0 aromatic heterocycles. The summed E-state index contributed by atoms with van der Waals surface area (Å²) in [7, 11) is 1.48. The molecule has 0 bridgehead atoms. The zero-order valence-electron chi connectivity index (χ0n) is 11.4. The van der Waals surface area contributed by atoms with Crippen molar-refractivity contribution in [3.8, 4) is 11.5 Å². The van der Waals surface area contributed by atoms with Crippen LogP contribution in [0, 0.1) is 0 Å². The molecule has 1 aliphatic heterocycles. The van der Waals surface area contributed by atoms with E-state index in [0.717, 1.165) is 5.56 Å². The number of ether oxygens (including phenoxy) is 1. The number of thiocarbonyl (C=S) groups is 1. The number of phenols is 1. The van der Waals surface area contributed by atoms with Gasteiger partial charge in [-0.05, 0) is 37.6 Å². The first-order valence-corrected chi connectivity index (χ1v) is 7.30. The van der Waals surface area contributed by atoms with Gasteiger partial charge in [0.15, 0.2) is 11.5 Å². The van der Waals surface area contributed by atoms with Crippen LogP contribution < -0.4 is 4.74 Å². The molecular formula is C14H15NO3S2. The third kappa shape index (κ3) is 2.81. The van der Waals surface area contributed by atoms with Gasteiger partial charge in [0.05, 0.1) is 12.0 Å². The number of amides is 1. The van der Waals surface area contributed by atoms with Crippen LogP contribution in [0.3, 0.4) is 0 Å². The van der Waals surface area contributed by atoms with E-state index in [-0.39, 0.29) is 17.7 Å². The highest BCUT2D eigenvalue weighted by Gasteiger charge is 2.33. The minimum Gasteiger partial charge on any atom is -0.504 e. The molecule has 0 aliphatic carbocycles. The van der Waals surface area contributed by atoms with Gasteiger partial charge in [-0.1, -0.05) is 30.0 Å². The number of phenolic OH excluding ortho intramolecular Hbond substituents is 1. The molecule has 0 atom stereocenters. The Labute approximate surface area is 127 Å². The number of aromatic hydroxyl groups is 1. The summed E-state index contributed by atoms with van der Waals surface area (Å²) in [6.07, 6.45) is 1.75. The third-order valence-corrected chi connectivity index (χ3v) is 4.17. The van der Waals surface area contributed by atoms with Gasteiger partial charge < -0.3 is 9.84 Å². The second kappa shape index (κ2) is 5.85. The second-order valence-electron chi connectivity index (χ2n) is 4.58. The summed E-state index contributed by atoms with van der Waals surface area (Å²) < 4.78 is 5.62. The minimum absolute atomic E-state index is 0.0442. The summed E-state index contributed by atoms with van der Waals surface area (Å²) in [5.74, 6) is 0.361. The number of nitrogens with zero attached hydrogens (tertiary/aromatic N) is 1. The lowest BCUT2D eigenvalue weighted by Gasteiger charge is -2.18. The van der Waals surface area contributed by atoms with Gasteiger partial charge in [-0.2, -0.15) is 0 Å². The topological polar surface area (TPSA) is 49.8 Å². The number of rotatable bonds is 3. The maximum atomic E-state index is 12.3. The van der Waals surface area contributed by atoms with Crippen LogP contribution in [0.15, 0.2) is 23.1 Å². The van der Waals surface area contributed by atoms with E-state index in [9.17, 15) is 9.90 Å². The van der Waals surface area contributed by atoms with Crippen molar-refractivity contribution < 1.29 is 14.6 Å². The van der Waals surface area contributed by atoms with Crippen LogP contribution >= 0.6 is 24.0 Å². The van der Waals surface area contributed by atoms with Crippen LogP contribution in [0.25, 0.3) is 6.08 Å². The molecule has 0 spiro atoms. The SMILES string of the molecule is COc1cc(/C=C2\SC(=S)N(C(C)C)C2=O)ccc1O. The molecule has 4 nitrogen and oxygen atoms in total. The molecule has 0 radical (unpaired) electrons. The van der Waals surface area contributed by atoms with Crippen molar-refractivity contribution in [2.45, 2.75) is 19.9 Å². The van der Waals surface area contributed by atoms with Crippen LogP contribution in [-0.2, 0) is 4.79 Å². The minimum atomic E-state index is -0.0814. The van der Waals surface area contributed by atoms with Crippen molar-refractivity contribution >= 4 is 40.3 Å². The Morgan fingerprint density at radius 2 is 2.15 bits per heavy atom. The van der Waals surface area contributed by atoms with E-state index in [2.05, 4.69) is 0 Å². The van der Waals surface area contributed by atoms with E-state index in [0.29, 0.717) is 15.0 Å². The van der Waals surface area contributed by atoms with E-state index < -0.39 is 0 Å². The van der Waals surface area contributed by atoms with Gasteiger partial charge >= 0.3 is 0 Å². The Kier molecular flexibility index (Phi) is 4.35. The fraction of sp³-hybridized carbons (Fsp3) is 0.286. The average molecular weight is 309 g/mol. The highest BCUT2D eigenvalue weighted by molar-refractivity contribution is 8.26. The molecule has 1 heterocycles. The van der Waals surface area contributed by atoms with Crippen molar-refractivity contribution in [2.24, 2.45) is 0 Å². The summed E-state index contributed by atoms with van der Waals surface area (Å²) >= 11 is 6.51. The lowest BCUT2D eigenvalue weighted by molar-refractivity contribution is -0.123. The standard InChI is InChI=1S/C14H15NO3S2/c1-8(2)15-13(17)12(20-14(15)19)7-9-4-5-10(16)11(6-9)18-3/h4-8,16H,1-3H3/b12-7-. The van der Waals surface area contributed by atoms with Gasteiger partial charge in [0, 0.05) is 6.04 Å². The summed E-state index contributed by atoms with van der Waals surface area (Å²) in [6, 6.07) is 4.98. The second-order valence-corrected chi connectivity index (χ2v) is 6.25. The Morgan fingerprint density at radius 3 is 2.70 bits per heavy atom. The van der Waals surface area contributed by atoms with E-state index in [1.165, 1.54) is 24.9 Å². The molecule has 1 aliphatic rings. The molecule has 20 heavy (non-hydrogen) atoms. The maximum absolute atomic E-state index is 12.3. The van der Waals surface area contributed by atoms with Gasteiger partial charge in [-0.3, -0.25) is 9.69 Å². The summed E-state index contributed by atoms with van der Waals surface area (Å²) in [5, 5.41) is 9.56. The van der Waals surface area contributed by atoms with Crippen molar-refractivity contribution in [3.05, 3.63) is 28.7 Å². The Bertz CT molecular complexity index is 596.